The van der Waals surface area contributed by atoms with Crippen LogP contribution in [0.1, 0.15) is 12.2 Å². The van der Waals surface area contributed by atoms with Gasteiger partial charge in [0.25, 0.3) is 0 Å². The fourth-order valence-electron chi connectivity index (χ4n) is 1.15. The molecule has 0 aliphatic carbocycles. The number of aromatic nitrogens is 5. The number of carboxylic acids is 1. The molecule has 0 spiro atoms. The molecular formula is C9H9N5O2. The van der Waals surface area contributed by atoms with Gasteiger partial charge in [-0.05, 0) is 6.07 Å². The molecule has 2 aromatic rings. The SMILES string of the molecule is O=C(O)CCc1ncc(-c2ccn[nH]2)nn1. The summed E-state index contributed by atoms with van der Waals surface area (Å²) in [7, 11) is 0. The Morgan fingerprint density at radius 2 is 2.31 bits per heavy atom. The first-order valence-corrected chi connectivity index (χ1v) is 4.66. The lowest BCUT2D eigenvalue weighted by atomic mass is 10.3. The van der Waals surface area contributed by atoms with Gasteiger partial charge in [0.15, 0.2) is 5.82 Å². The number of carboxylic acid groups (broad SMARTS) is 1. The van der Waals surface area contributed by atoms with E-state index < -0.39 is 5.97 Å². The molecule has 0 saturated heterocycles. The lowest BCUT2D eigenvalue weighted by Gasteiger charge is -1.97. The van der Waals surface area contributed by atoms with Crippen LogP contribution in [0.15, 0.2) is 18.5 Å². The first kappa shape index (κ1) is 10.2. The third-order valence-electron chi connectivity index (χ3n) is 1.95. The van der Waals surface area contributed by atoms with Gasteiger partial charge in [-0.25, -0.2) is 4.98 Å². The second kappa shape index (κ2) is 4.47. The molecule has 0 aliphatic heterocycles. The Morgan fingerprint density at radius 1 is 1.44 bits per heavy atom. The summed E-state index contributed by atoms with van der Waals surface area (Å²) in [6, 6.07) is 1.75. The monoisotopic (exact) mass is 219 g/mol. The van der Waals surface area contributed by atoms with Crippen LogP contribution in [0, 0.1) is 0 Å². The fourth-order valence-corrected chi connectivity index (χ4v) is 1.15. The Morgan fingerprint density at radius 3 is 2.88 bits per heavy atom. The summed E-state index contributed by atoms with van der Waals surface area (Å²) in [6.07, 6.45) is 3.43. The summed E-state index contributed by atoms with van der Waals surface area (Å²) in [4.78, 5) is 14.4. The summed E-state index contributed by atoms with van der Waals surface area (Å²) in [5.41, 5.74) is 1.31. The molecule has 7 heteroatoms. The molecule has 0 radical (unpaired) electrons. The first-order chi connectivity index (χ1) is 7.75. The van der Waals surface area contributed by atoms with Crippen LogP contribution < -0.4 is 0 Å². The van der Waals surface area contributed by atoms with Crippen molar-refractivity contribution < 1.29 is 9.90 Å². The number of aliphatic carboxylic acids is 1. The minimum atomic E-state index is -0.874. The topological polar surface area (TPSA) is 105 Å². The minimum absolute atomic E-state index is 0.00504. The summed E-state index contributed by atoms with van der Waals surface area (Å²) in [6.45, 7) is 0. The van der Waals surface area contributed by atoms with Crippen LogP contribution in [0.4, 0.5) is 0 Å². The predicted molar refractivity (Wildman–Crippen MR) is 53.4 cm³/mol. The maximum atomic E-state index is 10.3. The van der Waals surface area contributed by atoms with Gasteiger partial charge in [0, 0.05) is 12.6 Å². The van der Waals surface area contributed by atoms with E-state index in [4.69, 9.17) is 5.11 Å². The number of nitrogens with one attached hydrogen (secondary N) is 1. The van der Waals surface area contributed by atoms with Gasteiger partial charge in [-0.15, -0.1) is 10.2 Å². The van der Waals surface area contributed by atoms with Crippen molar-refractivity contribution in [2.24, 2.45) is 0 Å². The number of H-pyrrole nitrogens is 1. The van der Waals surface area contributed by atoms with Gasteiger partial charge in [0.2, 0.25) is 0 Å². The Labute approximate surface area is 90.6 Å². The predicted octanol–water partition coefficient (Wildman–Crippen LogP) is 0.279. The van der Waals surface area contributed by atoms with Gasteiger partial charge >= 0.3 is 5.97 Å². The molecule has 16 heavy (non-hydrogen) atoms. The number of hydrogen-bond acceptors (Lipinski definition) is 5. The fraction of sp³-hybridized carbons (Fsp3) is 0.222. The van der Waals surface area contributed by atoms with E-state index in [1.54, 1.807) is 12.3 Å². The highest BCUT2D eigenvalue weighted by Gasteiger charge is 2.05. The molecule has 7 nitrogen and oxygen atoms in total. The molecule has 0 unspecified atom stereocenters. The van der Waals surface area contributed by atoms with Crippen LogP contribution in [0.5, 0.6) is 0 Å². The number of aryl methyl sites for hydroxylation is 1. The molecule has 0 bridgehead atoms. The van der Waals surface area contributed by atoms with E-state index in [1.165, 1.54) is 6.20 Å². The first-order valence-electron chi connectivity index (χ1n) is 4.66. The van der Waals surface area contributed by atoms with E-state index >= 15 is 0 Å². The molecule has 0 atom stereocenters. The van der Waals surface area contributed by atoms with E-state index in [1.807, 2.05) is 0 Å². The van der Waals surface area contributed by atoms with Gasteiger partial charge < -0.3 is 5.11 Å². The molecule has 82 valence electrons. The smallest absolute Gasteiger partial charge is 0.303 e. The minimum Gasteiger partial charge on any atom is -0.481 e. The van der Waals surface area contributed by atoms with Gasteiger partial charge in [0.1, 0.15) is 5.69 Å². The van der Waals surface area contributed by atoms with Crippen molar-refractivity contribution >= 4 is 5.97 Å². The van der Waals surface area contributed by atoms with Crippen molar-refractivity contribution in [3.8, 4) is 11.4 Å². The highest BCUT2D eigenvalue weighted by Crippen LogP contribution is 2.09. The van der Waals surface area contributed by atoms with Gasteiger partial charge in [-0.2, -0.15) is 5.10 Å². The summed E-state index contributed by atoms with van der Waals surface area (Å²) >= 11 is 0. The van der Waals surface area contributed by atoms with Crippen molar-refractivity contribution in [1.29, 1.82) is 0 Å². The standard InChI is InChI=1S/C9H9N5O2/c15-9(16)2-1-8-10-5-7(13-14-8)6-3-4-11-12-6/h3-5H,1-2H2,(H,11,12)(H,15,16). The molecule has 0 aliphatic rings. The number of nitrogens with zero attached hydrogens (tertiary/aromatic N) is 4. The van der Waals surface area contributed by atoms with Crippen molar-refractivity contribution in [3.63, 3.8) is 0 Å². The molecule has 2 aromatic heterocycles. The van der Waals surface area contributed by atoms with Crippen molar-refractivity contribution in [3.05, 3.63) is 24.3 Å². The number of hydrogen-bond donors (Lipinski definition) is 2. The zero-order valence-electron chi connectivity index (χ0n) is 8.29. The summed E-state index contributed by atoms with van der Waals surface area (Å²) < 4.78 is 0. The normalized spacial score (nSPS) is 10.2. The molecule has 2 N–H and O–H groups in total. The van der Waals surface area contributed by atoms with E-state index in [-0.39, 0.29) is 12.8 Å². The van der Waals surface area contributed by atoms with Gasteiger partial charge in [-0.3, -0.25) is 9.89 Å². The average Bonchev–Trinajstić information content (AvgIpc) is 2.80. The van der Waals surface area contributed by atoms with Crippen molar-refractivity contribution in [2.75, 3.05) is 0 Å². The van der Waals surface area contributed by atoms with Crippen LogP contribution >= 0.6 is 0 Å². The van der Waals surface area contributed by atoms with Crippen LogP contribution in [0.2, 0.25) is 0 Å². The lowest BCUT2D eigenvalue weighted by molar-refractivity contribution is -0.137. The molecular weight excluding hydrogens is 210 g/mol. The largest absolute Gasteiger partial charge is 0.481 e. The molecule has 0 fully saturated rings. The van der Waals surface area contributed by atoms with Crippen LogP contribution in [0.25, 0.3) is 11.4 Å². The Balaban J connectivity index is 2.08. The zero-order valence-corrected chi connectivity index (χ0v) is 8.29. The third-order valence-corrected chi connectivity index (χ3v) is 1.95. The van der Waals surface area contributed by atoms with Crippen LogP contribution in [0.3, 0.4) is 0 Å². The van der Waals surface area contributed by atoms with E-state index in [9.17, 15) is 4.79 Å². The third kappa shape index (κ3) is 2.38. The average molecular weight is 219 g/mol. The highest BCUT2D eigenvalue weighted by atomic mass is 16.4. The van der Waals surface area contributed by atoms with Crippen LogP contribution in [-0.4, -0.2) is 36.5 Å². The number of carbonyl (C=O) groups is 1. The molecule has 0 saturated carbocycles. The second-order valence-electron chi connectivity index (χ2n) is 3.12. The Hall–Kier alpha value is -2.31. The second-order valence-corrected chi connectivity index (χ2v) is 3.12. The molecule has 0 aromatic carbocycles. The van der Waals surface area contributed by atoms with E-state index in [0.717, 1.165) is 5.69 Å². The van der Waals surface area contributed by atoms with E-state index in [2.05, 4.69) is 25.4 Å². The van der Waals surface area contributed by atoms with Crippen molar-refractivity contribution in [1.82, 2.24) is 25.4 Å². The molecule has 0 amide bonds. The lowest BCUT2D eigenvalue weighted by Crippen LogP contribution is -2.03. The highest BCUT2D eigenvalue weighted by molar-refractivity contribution is 5.66. The Kier molecular flexibility index (Phi) is 2.86. The maximum Gasteiger partial charge on any atom is 0.303 e. The maximum absolute atomic E-state index is 10.3. The Bertz CT molecular complexity index is 465. The molecule has 2 rings (SSSR count). The quantitative estimate of drug-likeness (QED) is 0.765. The molecule has 2 heterocycles. The number of aromatic amines is 1. The van der Waals surface area contributed by atoms with Gasteiger partial charge in [0.05, 0.1) is 18.3 Å². The van der Waals surface area contributed by atoms with Gasteiger partial charge in [-0.1, -0.05) is 0 Å². The number of rotatable bonds is 4. The van der Waals surface area contributed by atoms with E-state index in [0.29, 0.717) is 11.5 Å². The van der Waals surface area contributed by atoms with Crippen LogP contribution in [-0.2, 0) is 11.2 Å². The summed E-state index contributed by atoms with van der Waals surface area (Å²) in [5.74, 6) is -0.452. The summed E-state index contributed by atoms with van der Waals surface area (Å²) in [5, 5.41) is 22.8. The zero-order chi connectivity index (χ0) is 11.4. The van der Waals surface area contributed by atoms with Crippen molar-refractivity contribution in [2.45, 2.75) is 12.8 Å².